The monoisotopic (exact) mass is 325 g/mol. The minimum absolute atomic E-state index is 0.107. The number of alkyl halides is 1. The van der Waals surface area contributed by atoms with E-state index in [1.807, 2.05) is 0 Å². The third-order valence-corrected chi connectivity index (χ3v) is 4.14. The van der Waals surface area contributed by atoms with Crippen molar-refractivity contribution < 1.29 is 4.74 Å². The van der Waals surface area contributed by atoms with Crippen LogP contribution < -0.4 is 4.90 Å². The summed E-state index contributed by atoms with van der Waals surface area (Å²) < 4.78 is 6.14. The smallest absolute Gasteiger partial charge is 0.0808 e. The van der Waals surface area contributed by atoms with E-state index in [0.29, 0.717) is 0 Å². The summed E-state index contributed by atoms with van der Waals surface area (Å²) in [4.78, 5) is 2.44. The molecule has 0 N–H and O–H groups in total. The molecule has 2 nitrogen and oxygen atoms in total. The lowest BCUT2D eigenvalue weighted by Crippen LogP contribution is -2.57. The summed E-state index contributed by atoms with van der Waals surface area (Å²) in [7, 11) is 0. The molecular formula is C16H24BrNO. The number of anilines is 1. The highest BCUT2D eigenvalue weighted by Crippen LogP contribution is 2.32. The molecule has 106 valence electrons. The van der Waals surface area contributed by atoms with Crippen molar-refractivity contribution in [1.82, 2.24) is 0 Å². The molecule has 1 aromatic rings. The second-order valence-corrected chi connectivity index (χ2v) is 7.28. The Labute approximate surface area is 125 Å². The first-order valence-electron chi connectivity index (χ1n) is 6.83. The van der Waals surface area contributed by atoms with E-state index < -0.39 is 0 Å². The predicted octanol–water partition coefficient (Wildman–Crippen LogP) is 4.28. The Morgan fingerprint density at radius 2 is 1.74 bits per heavy atom. The van der Waals surface area contributed by atoms with Crippen LogP contribution in [0, 0.1) is 6.92 Å². The number of morpholine rings is 1. The Kier molecular flexibility index (Phi) is 3.99. The topological polar surface area (TPSA) is 12.5 Å². The highest BCUT2D eigenvalue weighted by atomic mass is 79.9. The molecule has 0 aromatic heterocycles. The number of benzene rings is 1. The molecule has 1 fully saturated rings. The lowest BCUT2D eigenvalue weighted by atomic mass is 9.97. The van der Waals surface area contributed by atoms with Crippen molar-refractivity contribution in [3.05, 3.63) is 29.3 Å². The zero-order chi connectivity index (χ0) is 14.3. The predicted molar refractivity (Wildman–Crippen MR) is 85.3 cm³/mol. The molecule has 1 aromatic carbocycles. The van der Waals surface area contributed by atoms with Gasteiger partial charge in [-0.25, -0.2) is 0 Å². The quantitative estimate of drug-likeness (QED) is 0.752. The molecule has 0 atom stereocenters. The molecule has 1 aliphatic rings. The summed E-state index contributed by atoms with van der Waals surface area (Å²) >= 11 is 3.53. The Bertz CT molecular complexity index is 452. The molecular weight excluding hydrogens is 302 g/mol. The number of nitrogens with zero attached hydrogens (tertiary/aromatic N) is 1. The van der Waals surface area contributed by atoms with Gasteiger partial charge in [0.05, 0.1) is 11.2 Å². The number of rotatable bonds is 2. The zero-order valence-electron chi connectivity index (χ0n) is 12.6. The van der Waals surface area contributed by atoms with Crippen molar-refractivity contribution in [2.24, 2.45) is 0 Å². The van der Waals surface area contributed by atoms with Gasteiger partial charge >= 0.3 is 0 Å². The molecule has 2 rings (SSSR count). The molecule has 1 heterocycles. The zero-order valence-corrected chi connectivity index (χ0v) is 14.2. The van der Waals surface area contributed by atoms with Gasteiger partial charge in [0.25, 0.3) is 0 Å². The summed E-state index contributed by atoms with van der Waals surface area (Å²) in [6.45, 7) is 12.7. The standard InChI is InChI=1S/C16H24BrNO/c1-12-8-14(7-6-13(12)9-17)18-10-15(2,3)19-16(4,5)11-18/h6-8H,9-11H2,1-5H3. The molecule has 0 spiro atoms. The average molecular weight is 326 g/mol. The van der Waals surface area contributed by atoms with E-state index >= 15 is 0 Å². The summed E-state index contributed by atoms with van der Waals surface area (Å²) in [6.07, 6.45) is 0. The summed E-state index contributed by atoms with van der Waals surface area (Å²) in [5, 5.41) is 0.916. The van der Waals surface area contributed by atoms with Crippen LogP contribution in [0.1, 0.15) is 38.8 Å². The molecule has 0 aliphatic carbocycles. The van der Waals surface area contributed by atoms with Gasteiger partial charge in [-0.3, -0.25) is 0 Å². The van der Waals surface area contributed by atoms with E-state index in [2.05, 4.69) is 73.6 Å². The van der Waals surface area contributed by atoms with Crippen molar-refractivity contribution in [1.29, 1.82) is 0 Å². The third-order valence-electron chi connectivity index (χ3n) is 3.53. The minimum Gasteiger partial charge on any atom is -0.366 e. The van der Waals surface area contributed by atoms with Crippen LogP contribution in [0.2, 0.25) is 0 Å². The van der Waals surface area contributed by atoms with Crippen molar-refractivity contribution in [3.63, 3.8) is 0 Å². The molecule has 19 heavy (non-hydrogen) atoms. The van der Waals surface area contributed by atoms with Crippen molar-refractivity contribution >= 4 is 21.6 Å². The lowest BCUT2D eigenvalue weighted by molar-refractivity contribution is -0.133. The maximum absolute atomic E-state index is 6.14. The van der Waals surface area contributed by atoms with Crippen LogP contribution in [0.3, 0.4) is 0 Å². The van der Waals surface area contributed by atoms with Gasteiger partial charge in [-0.05, 0) is 57.9 Å². The number of hydrogen-bond acceptors (Lipinski definition) is 2. The number of aryl methyl sites for hydroxylation is 1. The fourth-order valence-electron chi connectivity index (χ4n) is 3.00. The lowest BCUT2D eigenvalue weighted by Gasteiger charge is -2.48. The normalized spacial score (nSPS) is 21.5. The fraction of sp³-hybridized carbons (Fsp3) is 0.625. The van der Waals surface area contributed by atoms with Crippen molar-refractivity contribution in [2.75, 3.05) is 18.0 Å². The van der Waals surface area contributed by atoms with Gasteiger partial charge in [0, 0.05) is 24.1 Å². The van der Waals surface area contributed by atoms with Gasteiger partial charge in [0.1, 0.15) is 0 Å². The Hall–Kier alpha value is -0.540. The molecule has 0 amide bonds. The van der Waals surface area contributed by atoms with E-state index in [4.69, 9.17) is 4.74 Å². The maximum Gasteiger partial charge on any atom is 0.0808 e. The molecule has 0 bridgehead atoms. The van der Waals surface area contributed by atoms with E-state index in [-0.39, 0.29) is 11.2 Å². The Morgan fingerprint density at radius 1 is 1.16 bits per heavy atom. The highest BCUT2D eigenvalue weighted by Gasteiger charge is 2.38. The van der Waals surface area contributed by atoms with Crippen LogP contribution in [0.4, 0.5) is 5.69 Å². The molecule has 1 saturated heterocycles. The van der Waals surface area contributed by atoms with E-state index in [1.54, 1.807) is 0 Å². The Morgan fingerprint density at radius 3 is 2.21 bits per heavy atom. The first-order valence-corrected chi connectivity index (χ1v) is 7.95. The third kappa shape index (κ3) is 3.51. The number of halogens is 1. The van der Waals surface area contributed by atoms with Gasteiger partial charge in [0.2, 0.25) is 0 Å². The van der Waals surface area contributed by atoms with Crippen LogP contribution in [-0.2, 0) is 10.1 Å². The van der Waals surface area contributed by atoms with Gasteiger partial charge in [0.15, 0.2) is 0 Å². The molecule has 1 aliphatic heterocycles. The largest absolute Gasteiger partial charge is 0.366 e. The van der Waals surface area contributed by atoms with E-state index in [9.17, 15) is 0 Å². The van der Waals surface area contributed by atoms with Crippen molar-refractivity contribution in [2.45, 2.75) is 51.2 Å². The van der Waals surface area contributed by atoms with Crippen LogP contribution in [0.5, 0.6) is 0 Å². The van der Waals surface area contributed by atoms with Crippen molar-refractivity contribution in [3.8, 4) is 0 Å². The second kappa shape index (κ2) is 5.10. The number of hydrogen-bond donors (Lipinski definition) is 0. The van der Waals surface area contributed by atoms with Gasteiger partial charge < -0.3 is 9.64 Å². The van der Waals surface area contributed by atoms with Gasteiger partial charge in [-0.15, -0.1) is 0 Å². The van der Waals surface area contributed by atoms with Gasteiger partial charge in [-0.2, -0.15) is 0 Å². The van der Waals surface area contributed by atoms with Crippen LogP contribution in [0.25, 0.3) is 0 Å². The fourth-order valence-corrected chi connectivity index (χ4v) is 3.63. The average Bonchev–Trinajstić information content (AvgIpc) is 2.24. The molecule has 0 unspecified atom stereocenters. The van der Waals surface area contributed by atoms with Crippen LogP contribution >= 0.6 is 15.9 Å². The summed E-state index contributed by atoms with van der Waals surface area (Å²) in [5.74, 6) is 0. The second-order valence-electron chi connectivity index (χ2n) is 6.72. The van der Waals surface area contributed by atoms with E-state index in [0.717, 1.165) is 18.4 Å². The number of ether oxygens (including phenoxy) is 1. The van der Waals surface area contributed by atoms with Gasteiger partial charge in [-0.1, -0.05) is 22.0 Å². The first kappa shape index (κ1) is 14.9. The minimum atomic E-state index is -0.107. The maximum atomic E-state index is 6.14. The Balaban J connectivity index is 2.28. The molecule has 0 saturated carbocycles. The van der Waals surface area contributed by atoms with E-state index in [1.165, 1.54) is 16.8 Å². The van der Waals surface area contributed by atoms with Crippen LogP contribution in [0.15, 0.2) is 18.2 Å². The first-order chi connectivity index (χ1) is 8.72. The summed E-state index contributed by atoms with van der Waals surface area (Å²) in [6, 6.07) is 6.73. The SMILES string of the molecule is Cc1cc(N2CC(C)(C)OC(C)(C)C2)ccc1CBr. The summed E-state index contributed by atoms with van der Waals surface area (Å²) in [5.41, 5.74) is 3.78. The molecule has 3 heteroatoms. The highest BCUT2D eigenvalue weighted by molar-refractivity contribution is 9.08. The van der Waals surface area contributed by atoms with Crippen LogP contribution in [-0.4, -0.2) is 24.3 Å². The molecule has 0 radical (unpaired) electrons.